The summed E-state index contributed by atoms with van der Waals surface area (Å²) in [6, 6.07) is 0. The Balaban J connectivity index is 3.28. The Bertz CT molecular complexity index is 643. The molecule has 0 saturated carbocycles. The lowest BCUT2D eigenvalue weighted by Gasteiger charge is -2.05. The molecule has 8 heteroatoms. The van der Waals surface area contributed by atoms with Gasteiger partial charge in [0, 0.05) is 0 Å². The average Bonchev–Trinajstić information content (AvgIpc) is 2.26. The number of H-pyrrole nitrogens is 2. The van der Waals surface area contributed by atoms with Crippen molar-refractivity contribution in [2.75, 3.05) is 0 Å². The van der Waals surface area contributed by atoms with Crippen molar-refractivity contribution < 1.29 is 0 Å². The molecule has 0 aliphatic heterocycles. The Morgan fingerprint density at radius 1 is 0.625 bits per heavy atom. The van der Waals surface area contributed by atoms with Crippen LogP contribution in [0.5, 0.6) is 0 Å². The van der Waals surface area contributed by atoms with E-state index in [-0.39, 0.29) is 30.9 Å². The Morgan fingerprint density at radius 3 is 1.25 bits per heavy atom. The lowest BCUT2D eigenvalue weighted by molar-refractivity contribution is 0.976. The first-order chi connectivity index (χ1) is 7.45. The molecule has 0 bridgehead atoms. The Morgan fingerprint density at radius 2 is 0.938 bits per heavy atom. The van der Waals surface area contributed by atoms with E-state index in [1.807, 2.05) is 0 Å². The number of fused-ring (bicyclic) bond motifs is 1. The third-order valence-electron chi connectivity index (χ3n) is 2.01. The number of aromatic nitrogens is 2. The number of hydrogen-bond donors (Lipinski definition) is 2. The molecule has 1 aromatic heterocycles. The molecule has 16 heavy (non-hydrogen) atoms. The van der Waals surface area contributed by atoms with Crippen LogP contribution in [0.15, 0.2) is 9.59 Å². The minimum Gasteiger partial charge on any atom is -0.267 e. The van der Waals surface area contributed by atoms with E-state index >= 15 is 0 Å². The second-order valence-electron chi connectivity index (χ2n) is 2.91. The Kier molecular flexibility index (Phi) is 2.92. The van der Waals surface area contributed by atoms with E-state index in [0.717, 1.165) is 0 Å². The Labute approximate surface area is 108 Å². The number of nitrogens with one attached hydrogen (secondary N) is 2. The van der Waals surface area contributed by atoms with Crippen molar-refractivity contribution in [1.29, 1.82) is 0 Å². The van der Waals surface area contributed by atoms with Crippen molar-refractivity contribution in [2.24, 2.45) is 0 Å². The van der Waals surface area contributed by atoms with Crippen LogP contribution in [0.4, 0.5) is 0 Å². The Hall–Kier alpha value is -0.680. The van der Waals surface area contributed by atoms with Crippen molar-refractivity contribution in [2.45, 2.75) is 0 Å². The fraction of sp³-hybridized carbons (Fsp3) is 0. The largest absolute Gasteiger partial charge is 0.272 e. The molecule has 0 aliphatic carbocycles. The zero-order valence-electron chi connectivity index (χ0n) is 7.33. The highest BCUT2D eigenvalue weighted by Crippen LogP contribution is 2.40. The second kappa shape index (κ2) is 3.96. The van der Waals surface area contributed by atoms with Crippen LogP contribution >= 0.6 is 46.4 Å². The van der Waals surface area contributed by atoms with Crippen molar-refractivity contribution in [3.8, 4) is 0 Å². The van der Waals surface area contributed by atoms with Gasteiger partial charge in [-0.1, -0.05) is 46.4 Å². The van der Waals surface area contributed by atoms with Gasteiger partial charge in [0.25, 0.3) is 11.1 Å². The molecule has 1 aromatic carbocycles. The smallest absolute Gasteiger partial charge is 0.267 e. The molecule has 4 nitrogen and oxygen atoms in total. The molecule has 0 spiro atoms. The summed E-state index contributed by atoms with van der Waals surface area (Å²) in [5.74, 6) is 0. The molecular weight excluding hydrogens is 298 g/mol. The van der Waals surface area contributed by atoms with E-state index in [0.29, 0.717) is 0 Å². The molecule has 0 aliphatic rings. The molecule has 0 atom stereocenters. The average molecular weight is 300 g/mol. The van der Waals surface area contributed by atoms with Gasteiger partial charge < -0.3 is 0 Å². The third kappa shape index (κ3) is 1.53. The van der Waals surface area contributed by atoms with Gasteiger partial charge in [-0.2, -0.15) is 0 Å². The topological polar surface area (TPSA) is 65.7 Å². The summed E-state index contributed by atoms with van der Waals surface area (Å²) in [7, 11) is 0. The quantitative estimate of drug-likeness (QED) is 0.580. The number of halogens is 4. The van der Waals surface area contributed by atoms with Crippen LogP contribution in [0.3, 0.4) is 0 Å². The van der Waals surface area contributed by atoms with Crippen molar-refractivity contribution in [3.63, 3.8) is 0 Å². The van der Waals surface area contributed by atoms with E-state index in [1.165, 1.54) is 0 Å². The van der Waals surface area contributed by atoms with E-state index in [2.05, 4.69) is 10.2 Å². The number of rotatable bonds is 0. The van der Waals surface area contributed by atoms with Gasteiger partial charge in [0.2, 0.25) is 0 Å². The van der Waals surface area contributed by atoms with Crippen LogP contribution in [0, 0.1) is 0 Å². The molecule has 2 rings (SSSR count). The van der Waals surface area contributed by atoms with Gasteiger partial charge in [-0.05, 0) is 0 Å². The van der Waals surface area contributed by atoms with E-state index in [4.69, 9.17) is 46.4 Å². The van der Waals surface area contributed by atoms with Crippen LogP contribution in [0.25, 0.3) is 10.8 Å². The zero-order chi connectivity index (χ0) is 12.0. The maximum Gasteiger partial charge on any atom is 0.272 e. The normalized spacial score (nSPS) is 11.0. The lowest BCUT2D eigenvalue weighted by atomic mass is 10.2. The van der Waals surface area contributed by atoms with Gasteiger partial charge in [-0.15, -0.1) is 0 Å². The third-order valence-corrected chi connectivity index (χ3v) is 3.81. The SMILES string of the molecule is O=c1[nH][nH]c(=O)c2c(Cl)c(Cl)c(Cl)c(Cl)c12. The van der Waals surface area contributed by atoms with E-state index in [1.54, 1.807) is 0 Å². The number of hydrogen-bond acceptors (Lipinski definition) is 2. The summed E-state index contributed by atoms with van der Waals surface area (Å²) < 4.78 is 0. The summed E-state index contributed by atoms with van der Waals surface area (Å²) >= 11 is 23.2. The summed E-state index contributed by atoms with van der Waals surface area (Å²) in [6.07, 6.45) is 0. The van der Waals surface area contributed by atoms with Crippen molar-refractivity contribution in [1.82, 2.24) is 10.2 Å². The van der Waals surface area contributed by atoms with Gasteiger partial charge in [-0.3, -0.25) is 19.8 Å². The highest BCUT2D eigenvalue weighted by molar-refractivity contribution is 6.55. The first-order valence-electron chi connectivity index (χ1n) is 3.91. The highest BCUT2D eigenvalue weighted by Gasteiger charge is 2.19. The highest BCUT2D eigenvalue weighted by atomic mass is 35.5. The predicted molar refractivity (Wildman–Crippen MR) is 65.2 cm³/mol. The monoisotopic (exact) mass is 298 g/mol. The molecule has 0 radical (unpaired) electrons. The van der Waals surface area contributed by atoms with Gasteiger partial charge in [0.15, 0.2) is 0 Å². The summed E-state index contributed by atoms with van der Waals surface area (Å²) in [5, 5.41) is 3.77. The molecule has 0 saturated heterocycles. The van der Waals surface area contributed by atoms with Crippen LogP contribution in [0.2, 0.25) is 20.1 Å². The summed E-state index contributed by atoms with van der Waals surface area (Å²) in [6.45, 7) is 0. The first kappa shape index (κ1) is 11.8. The maximum absolute atomic E-state index is 11.5. The van der Waals surface area contributed by atoms with Crippen molar-refractivity contribution in [3.05, 3.63) is 40.8 Å². The standard InChI is InChI=1S/C8H2Cl4N2O2/c9-3-1-2(4(10)6(12)5(3)11)8(16)14-13-7(1)15/h(H,13,15)(H,14,16). The zero-order valence-corrected chi connectivity index (χ0v) is 10.4. The summed E-state index contributed by atoms with van der Waals surface area (Å²) in [5.41, 5.74) is -1.19. The van der Waals surface area contributed by atoms with Gasteiger partial charge >= 0.3 is 0 Å². The van der Waals surface area contributed by atoms with E-state index in [9.17, 15) is 9.59 Å². The van der Waals surface area contributed by atoms with Gasteiger partial charge in [-0.25, -0.2) is 0 Å². The minimum absolute atomic E-state index is 0.0584. The molecular formula is C8H2Cl4N2O2. The van der Waals surface area contributed by atoms with Crippen LogP contribution in [0.1, 0.15) is 0 Å². The van der Waals surface area contributed by atoms with Crippen LogP contribution in [-0.4, -0.2) is 10.2 Å². The van der Waals surface area contributed by atoms with Gasteiger partial charge in [0.1, 0.15) is 0 Å². The molecule has 2 N–H and O–H groups in total. The van der Waals surface area contributed by atoms with E-state index < -0.39 is 11.1 Å². The number of benzene rings is 1. The predicted octanol–water partition coefficient (Wildman–Crippen LogP) is 2.83. The van der Waals surface area contributed by atoms with Gasteiger partial charge in [0.05, 0.1) is 30.9 Å². The lowest BCUT2D eigenvalue weighted by Crippen LogP contribution is -2.19. The fourth-order valence-corrected chi connectivity index (χ4v) is 2.32. The number of aromatic amines is 2. The second-order valence-corrected chi connectivity index (χ2v) is 4.43. The fourth-order valence-electron chi connectivity index (χ4n) is 1.30. The van der Waals surface area contributed by atoms with Crippen LogP contribution < -0.4 is 11.1 Å². The molecule has 0 fully saturated rings. The molecule has 84 valence electrons. The maximum atomic E-state index is 11.5. The first-order valence-corrected chi connectivity index (χ1v) is 5.43. The van der Waals surface area contributed by atoms with Crippen molar-refractivity contribution >= 4 is 57.2 Å². The molecule has 1 heterocycles. The van der Waals surface area contributed by atoms with Crippen LogP contribution in [-0.2, 0) is 0 Å². The molecule has 0 unspecified atom stereocenters. The molecule has 0 amide bonds. The molecule has 2 aromatic rings. The summed E-state index contributed by atoms with van der Waals surface area (Å²) in [4.78, 5) is 23.0. The minimum atomic E-state index is -0.597.